The quantitative estimate of drug-likeness (QED) is 0.661. The zero-order valence-electron chi connectivity index (χ0n) is 7.82. The molecule has 0 aromatic rings. The predicted molar refractivity (Wildman–Crippen MR) is 51.0 cm³/mol. The van der Waals surface area contributed by atoms with E-state index in [1.807, 2.05) is 24.3 Å². The van der Waals surface area contributed by atoms with Gasteiger partial charge in [-0.25, -0.2) is 0 Å². The van der Waals surface area contributed by atoms with Gasteiger partial charge in [-0.1, -0.05) is 24.3 Å². The van der Waals surface area contributed by atoms with Crippen LogP contribution in [-0.2, 0) is 9.53 Å². The van der Waals surface area contributed by atoms with Crippen molar-refractivity contribution in [2.24, 2.45) is 11.1 Å². The topological polar surface area (TPSA) is 52.3 Å². The molecule has 0 radical (unpaired) electrons. The van der Waals surface area contributed by atoms with E-state index in [-0.39, 0.29) is 5.97 Å². The van der Waals surface area contributed by atoms with Crippen molar-refractivity contribution in [3.63, 3.8) is 0 Å². The van der Waals surface area contributed by atoms with Gasteiger partial charge < -0.3 is 10.5 Å². The maximum absolute atomic E-state index is 11.6. The first-order valence-electron chi connectivity index (χ1n) is 4.47. The number of ether oxygens (including phenoxy) is 1. The standard InChI is InChI=1S/C10H15NO2/c1-2-13-9(12)10(8-11)6-4-3-5-7-10/h3-6H,2,7-8,11H2,1H3. The average Bonchev–Trinajstić information content (AvgIpc) is 2.19. The number of esters is 1. The highest BCUT2D eigenvalue weighted by Crippen LogP contribution is 2.28. The molecule has 1 atom stereocenters. The van der Waals surface area contributed by atoms with Gasteiger partial charge in [0.25, 0.3) is 0 Å². The molecule has 1 aliphatic rings. The van der Waals surface area contributed by atoms with Crippen LogP contribution >= 0.6 is 0 Å². The van der Waals surface area contributed by atoms with Crippen molar-refractivity contribution in [1.82, 2.24) is 0 Å². The first-order valence-corrected chi connectivity index (χ1v) is 4.47. The van der Waals surface area contributed by atoms with E-state index in [4.69, 9.17) is 10.5 Å². The van der Waals surface area contributed by atoms with E-state index in [1.54, 1.807) is 6.92 Å². The molecule has 1 unspecified atom stereocenters. The lowest BCUT2D eigenvalue weighted by Crippen LogP contribution is -2.38. The smallest absolute Gasteiger partial charge is 0.317 e. The number of carbonyl (C=O) groups is 1. The fourth-order valence-corrected chi connectivity index (χ4v) is 1.33. The monoisotopic (exact) mass is 181 g/mol. The van der Waals surface area contributed by atoms with Crippen LogP contribution < -0.4 is 5.73 Å². The molecule has 0 saturated heterocycles. The van der Waals surface area contributed by atoms with Gasteiger partial charge in [0.15, 0.2) is 0 Å². The Morgan fingerprint density at radius 3 is 2.85 bits per heavy atom. The predicted octanol–water partition coefficient (Wildman–Crippen LogP) is 1.01. The molecule has 0 heterocycles. The SMILES string of the molecule is CCOC(=O)C1(CN)C=CC=CC1. The number of allylic oxidation sites excluding steroid dienone is 3. The molecule has 1 aliphatic carbocycles. The molecule has 0 fully saturated rings. The number of nitrogens with two attached hydrogens (primary N) is 1. The Hall–Kier alpha value is -1.09. The van der Waals surface area contributed by atoms with Gasteiger partial charge in [0, 0.05) is 6.54 Å². The number of carbonyl (C=O) groups excluding carboxylic acids is 1. The highest BCUT2D eigenvalue weighted by molar-refractivity contribution is 5.80. The van der Waals surface area contributed by atoms with Crippen LogP contribution in [0.25, 0.3) is 0 Å². The van der Waals surface area contributed by atoms with E-state index in [9.17, 15) is 4.79 Å². The van der Waals surface area contributed by atoms with Crippen LogP contribution in [0.15, 0.2) is 24.3 Å². The minimum atomic E-state index is -0.620. The lowest BCUT2D eigenvalue weighted by molar-refractivity contribution is -0.151. The van der Waals surface area contributed by atoms with E-state index in [0.717, 1.165) is 0 Å². The second-order valence-corrected chi connectivity index (χ2v) is 3.07. The molecule has 0 amide bonds. The lowest BCUT2D eigenvalue weighted by Gasteiger charge is -2.26. The van der Waals surface area contributed by atoms with Crippen LogP contribution in [0.4, 0.5) is 0 Å². The molecular weight excluding hydrogens is 166 g/mol. The van der Waals surface area contributed by atoms with Crippen LogP contribution in [0.3, 0.4) is 0 Å². The van der Waals surface area contributed by atoms with Crippen molar-refractivity contribution in [3.05, 3.63) is 24.3 Å². The summed E-state index contributed by atoms with van der Waals surface area (Å²) in [4.78, 5) is 11.6. The summed E-state index contributed by atoms with van der Waals surface area (Å²) < 4.78 is 4.97. The maximum atomic E-state index is 11.6. The molecule has 0 aliphatic heterocycles. The Bertz CT molecular complexity index is 245. The van der Waals surface area contributed by atoms with E-state index in [0.29, 0.717) is 19.6 Å². The Morgan fingerprint density at radius 2 is 2.38 bits per heavy atom. The van der Waals surface area contributed by atoms with Crippen molar-refractivity contribution in [1.29, 1.82) is 0 Å². The van der Waals surface area contributed by atoms with E-state index < -0.39 is 5.41 Å². The summed E-state index contributed by atoms with van der Waals surface area (Å²) in [6.45, 7) is 2.50. The molecule has 3 heteroatoms. The zero-order chi connectivity index (χ0) is 9.73. The first-order chi connectivity index (χ1) is 6.25. The fourth-order valence-electron chi connectivity index (χ4n) is 1.33. The van der Waals surface area contributed by atoms with Crippen molar-refractivity contribution in [3.8, 4) is 0 Å². The third kappa shape index (κ3) is 1.98. The summed E-state index contributed by atoms with van der Waals surface area (Å²) in [7, 11) is 0. The second-order valence-electron chi connectivity index (χ2n) is 3.07. The third-order valence-corrected chi connectivity index (χ3v) is 2.19. The Morgan fingerprint density at radius 1 is 1.62 bits per heavy atom. The summed E-state index contributed by atoms with van der Waals surface area (Å²) >= 11 is 0. The van der Waals surface area contributed by atoms with E-state index in [1.165, 1.54) is 0 Å². The summed E-state index contributed by atoms with van der Waals surface area (Å²) in [5.74, 6) is -0.224. The minimum absolute atomic E-state index is 0.224. The molecule has 1 rings (SSSR count). The van der Waals surface area contributed by atoms with Gasteiger partial charge in [0.05, 0.1) is 6.61 Å². The Kier molecular flexibility index (Phi) is 3.25. The van der Waals surface area contributed by atoms with E-state index >= 15 is 0 Å². The van der Waals surface area contributed by atoms with E-state index in [2.05, 4.69) is 0 Å². The summed E-state index contributed by atoms with van der Waals surface area (Å²) in [6.07, 6.45) is 8.15. The van der Waals surface area contributed by atoms with Crippen molar-refractivity contribution < 1.29 is 9.53 Å². The minimum Gasteiger partial charge on any atom is -0.465 e. The zero-order valence-corrected chi connectivity index (χ0v) is 7.82. The van der Waals surface area contributed by atoms with Gasteiger partial charge in [-0.15, -0.1) is 0 Å². The number of hydrogen-bond acceptors (Lipinski definition) is 3. The summed E-state index contributed by atoms with van der Waals surface area (Å²) in [6, 6.07) is 0. The third-order valence-electron chi connectivity index (χ3n) is 2.19. The molecule has 2 N–H and O–H groups in total. The van der Waals surface area contributed by atoms with Crippen molar-refractivity contribution >= 4 is 5.97 Å². The maximum Gasteiger partial charge on any atom is 0.317 e. The molecule has 0 spiro atoms. The van der Waals surface area contributed by atoms with Crippen LogP contribution in [-0.4, -0.2) is 19.1 Å². The molecule has 13 heavy (non-hydrogen) atoms. The van der Waals surface area contributed by atoms with Gasteiger partial charge in [-0.05, 0) is 13.3 Å². The van der Waals surface area contributed by atoms with Crippen LogP contribution in [0.2, 0.25) is 0 Å². The molecule has 0 aromatic carbocycles. The normalized spacial score (nSPS) is 26.0. The molecule has 3 nitrogen and oxygen atoms in total. The molecular formula is C10H15NO2. The van der Waals surface area contributed by atoms with Gasteiger partial charge in [0.1, 0.15) is 5.41 Å². The largest absolute Gasteiger partial charge is 0.465 e. The first kappa shape index (κ1) is 9.99. The lowest BCUT2D eigenvalue weighted by atomic mass is 9.82. The summed E-state index contributed by atoms with van der Waals surface area (Å²) in [5.41, 5.74) is 4.96. The molecule has 0 aromatic heterocycles. The second kappa shape index (κ2) is 4.23. The number of rotatable bonds is 3. The van der Waals surface area contributed by atoms with Crippen molar-refractivity contribution in [2.45, 2.75) is 13.3 Å². The number of hydrogen-bond donors (Lipinski definition) is 1. The molecule has 0 bridgehead atoms. The van der Waals surface area contributed by atoms with Gasteiger partial charge in [0.2, 0.25) is 0 Å². The average molecular weight is 181 g/mol. The van der Waals surface area contributed by atoms with Crippen LogP contribution in [0, 0.1) is 5.41 Å². The van der Waals surface area contributed by atoms with Crippen LogP contribution in [0.5, 0.6) is 0 Å². The fraction of sp³-hybridized carbons (Fsp3) is 0.500. The molecule has 72 valence electrons. The van der Waals surface area contributed by atoms with Gasteiger partial charge >= 0.3 is 5.97 Å². The Balaban J connectivity index is 2.75. The Labute approximate surface area is 78.3 Å². The highest BCUT2D eigenvalue weighted by atomic mass is 16.5. The van der Waals surface area contributed by atoms with Crippen molar-refractivity contribution in [2.75, 3.05) is 13.2 Å². The van der Waals surface area contributed by atoms with Crippen LogP contribution in [0.1, 0.15) is 13.3 Å². The van der Waals surface area contributed by atoms with Gasteiger partial charge in [-0.3, -0.25) is 4.79 Å². The summed E-state index contributed by atoms with van der Waals surface area (Å²) in [5, 5.41) is 0. The van der Waals surface area contributed by atoms with Gasteiger partial charge in [-0.2, -0.15) is 0 Å². The molecule has 0 saturated carbocycles. The highest BCUT2D eigenvalue weighted by Gasteiger charge is 2.35.